The maximum Gasteiger partial charge on any atom is 0.326 e. The Hall–Kier alpha value is -7.92. The van der Waals surface area contributed by atoms with E-state index in [9.17, 15) is 53.4 Å². The summed E-state index contributed by atoms with van der Waals surface area (Å²) in [6.07, 6.45) is 6.48. The number of para-hydroxylation sites is 2. The number of aliphatic carboxylic acids is 1. The van der Waals surface area contributed by atoms with Crippen LogP contribution in [0.4, 0.5) is 0 Å². The summed E-state index contributed by atoms with van der Waals surface area (Å²) in [6, 6.07) is 12.9. The van der Waals surface area contributed by atoms with Crippen molar-refractivity contribution in [2.45, 2.75) is 115 Å². The van der Waals surface area contributed by atoms with Gasteiger partial charge in [-0.25, -0.2) is 4.79 Å². The highest BCUT2D eigenvalue weighted by molar-refractivity contribution is 7.98. The second-order valence-corrected chi connectivity index (χ2v) is 21.3. The van der Waals surface area contributed by atoms with Crippen LogP contribution in [-0.4, -0.2) is 152 Å². The molecule has 0 aliphatic carbocycles. The summed E-state index contributed by atoms with van der Waals surface area (Å²) in [5, 5.41) is 40.3. The Bertz CT molecular complexity index is 2960. The molecule has 0 unspecified atom stereocenters. The van der Waals surface area contributed by atoms with E-state index in [0.29, 0.717) is 35.3 Å². The number of phenolic OH excluding ortho intramolecular Hbond substituents is 1. The van der Waals surface area contributed by atoms with E-state index in [1.807, 2.05) is 68.6 Å². The number of carboxylic acids is 1. The number of rotatable bonds is 28. The van der Waals surface area contributed by atoms with Gasteiger partial charge in [-0.1, -0.05) is 76.2 Å². The van der Waals surface area contributed by atoms with Crippen molar-refractivity contribution in [1.82, 2.24) is 52.1 Å². The lowest BCUT2D eigenvalue weighted by molar-refractivity contribution is -0.415. The highest BCUT2D eigenvalue weighted by Gasteiger charge is 2.40. The summed E-state index contributed by atoms with van der Waals surface area (Å²) in [4.78, 5) is 131. The van der Waals surface area contributed by atoms with Gasteiger partial charge in [0.25, 0.3) is 5.91 Å². The number of aromatic nitrogens is 2. The minimum atomic E-state index is -1.33. The minimum absolute atomic E-state index is 0.0240. The van der Waals surface area contributed by atoms with Crippen LogP contribution in [0.25, 0.3) is 21.8 Å². The van der Waals surface area contributed by atoms with Gasteiger partial charge in [0.2, 0.25) is 41.4 Å². The summed E-state index contributed by atoms with van der Waals surface area (Å²) < 4.78 is 0. The van der Waals surface area contributed by atoms with E-state index in [2.05, 4.69) is 52.9 Å². The molecule has 0 saturated carbocycles. The van der Waals surface area contributed by atoms with Gasteiger partial charge >= 0.3 is 5.97 Å². The quantitative estimate of drug-likeness (QED) is 0.0336. The number of nitrogens with zero attached hydrogens (tertiary/aromatic N) is 1. The lowest BCUT2D eigenvalue weighted by Crippen LogP contribution is -2.71. The molecule has 1 aliphatic rings. The monoisotopic (exact) mass is 1110 g/mol. The van der Waals surface area contributed by atoms with E-state index in [1.165, 1.54) is 28.8 Å². The first-order chi connectivity index (χ1) is 37.8. The summed E-state index contributed by atoms with van der Waals surface area (Å²) in [7, 11) is 0. The maximum atomic E-state index is 14.8. The molecule has 6 rings (SSSR count). The van der Waals surface area contributed by atoms with E-state index < -0.39 is 109 Å². The molecule has 3 aromatic carbocycles. The first-order valence-corrected chi connectivity index (χ1v) is 28.0. The molecule has 1 aliphatic heterocycles. The van der Waals surface area contributed by atoms with Crippen molar-refractivity contribution in [2.75, 3.05) is 31.6 Å². The molecule has 3 heterocycles. The number of phenols is 1. The van der Waals surface area contributed by atoms with E-state index in [4.69, 9.17) is 0 Å². The number of fused-ring (bicyclic) bond motifs is 2. The fraction of sp³-hybridized carbons (Fsp3) is 0.446. The van der Waals surface area contributed by atoms with Crippen molar-refractivity contribution < 1.29 is 59.1 Å². The number of nitrogens with one attached hydrogen (secondary N) is 9. The Morgan fingerprint density at radius 2 is 1.25 bits per heavy atom. The lowest BCUT2D eigenvalue weighted by atomic mass is 9.97. The number of amides is 8. The Balaban J connectivity index is 1.19. The van der Waals surface area contributed by atoms with Crippen LogP contribution >= 0.6 is 11.8 Å². The van der Waals surface area contributed by atoms with E-state index in [1.54, 1.807) is 38.4 Å². The second-order valence-electron chi connectivity index (χ2n) is 20.3. The topological polar surface area (TPSA) is 341 Å². The molecule has 79 heavy (non-hydrogen) atoms. The van der Waals surface area contributed by atoms with Gasteiger partial charge in [-0.2, -0.15) is 11.8 Å². The molecule has 8 amide bonds. The normalized spacial score (nSPS) is 15.9. The molecule has 0 radical (unpaired) electrons. The smallest absolute Gasteiger partial charge is 0.326 e. The van der Waals surface area contributed by atoms with Crippen molar-refractivity contribution in [3.8, 4) is 5.75 Å². The van der Waals surface area contributed by atoms with E-state index in [-0.39, 0.29) is 56.2 Å². The summed E-state index contributed by atoms with van der Waals surface area (Å²) in [5.41, 5.74) is 7.37. The molecule has 5 aromatic rings. The van der Waals surface area contributed by atoms with Gasteiger partial charge in [-0.15, -0.1) is 0 Å². The molecule has 1 saturated heterocycles. The zero-order valence-corrected chi connectivity index (χ0v) is 46.0. The van der Waals surface area contributed by atoms with Crippen LogP contribution in [0.3, 0.4) is 0 Å². The SMILES string of the molecule is CC[C@H](C)[C@H]([NH3+])C(=O)N[C@H](C(=O)NCC(=O)NCC(=O)N[C@@H](Cc1ccc(O)cc1)C(=O)N1CCC[C@H]1C(=O)N[C@@H](Cc1c[nH]c2ccccc12)C(=O)N[C@@H](Cc1c[nH]c2ccccc12)C(=O)N[C@@H](CCSC)C(=O)O)C(C)C. The van der Waals surface area contributed by atoms with Crippen molar-refractivity contribution in [3.05, 3.63) is 102 Å². The largest absolute Gasteiger partial charge is 0.508 e. The number of benzene rings is 3. The number of carbonyl (C=O) groups is 9. The number of aromatic hydroxyl groups is 1. The summed E-state index contributed by atoms with van der Waals surface area (Å²) >= 11 is 1.42. The van der Waals surface area contributed by atoms with Gasteiger partial charge in [0.05, 0.1) is 13.1 Å². The number of hydrogen-bond acceptors (Lipinski definition) is 11. The third-order valence-electron chi connectivity index (χ3n) is 14.3. The number of hydrogen-bond donors (Lipinski definition) is 12. The predicted molar refractivity (Wildman–Crippen MR) is 298 cm³/mol. The molecule has 2 aromatic heterocycles. The van der Waals surface area contributed by atoms with Crippen molar-refractivity contribution in [1.29, 1.82) is 0 Å². The minimum Gasteiger partial charge on any atom is -0.508 e. The number of likely N-dealkylation sites (tertiary alicyclic amines) is 1. The van der Waals surface area contributed by atoms with Crippen LogP contribution in [0.5, 0.6) is 5.75 Å². The number of thioether (sulfide) groups is 1. The van der Waals surface area contributed by atoms with Crippen molar-refractivity contribution in [2.24, 2.45) is 11.8 Å². The molecule has 0 bridgehead atoms. The average molecular weight is 1110 g/mol. The highest BCUT2D eigenvalue weighted by Crippen LogP contribution is 2.24. The standard InChI is InChI=1S/C56H73N11O11S/c1-6-32(4)48(57)53(74)66-49(31(2)3)54(75)61-29-46(69)60-30-47(70)62-44(24-33-17-19-36(68)20-18-33)55(76)67-22-11-16-45(67)52(73)65-43(26-35-28-59-40-15-10-8-13-38(35)40)51(72)64-42(50(71)63-41(56(77)78)21-23-79-5)25-34-27-58-39-14-9-7-12-37(34)39/h7-10,12-15,17-20,27-28,31-32,41-45,48-49,58-59,68H,6,11,16,21-26,29-30,57H2,1-5H3,(H,60,69)(H,61,75)(H,62,70)(H,63,71)(H,64,72)(H,65,73)(H,66,74)(H,77,78)/p+1/t32-,41-,42-,43-,44-,45-,48-,49-/m0/s1. The fourth-order valence-electron chi connectivity index (χ4n) is 9.44. The van der Waals surface area contributed by atoms with Gasteiger partial charge in [-0.3, -0.25) is 38.4 Å². The number of H-pyrrole nitrogens is 2. The van der Waals surface area contributed by atoms with Crippen molar-refractivity contribution in [3.63, 3.8) is 0 Å². The van der Waals surface area contributed by atoms with Crippen LogP contribution in [0, 0.1) is 11.8 Å². The Morgan fingerprint density at radius 1 is 0.684 bits per heavy atom. The third kappa shape index (κ3) is 16.6. The predicted octanol–water partition coefficient (Wildman–Crippen LogP) is 1.18. The summed E-state index contributed by atoms with van der Waals surface area (Å²) in [5.74, 6) is -6.48. The second kappa shape index (κ2) is 28.6. The van der Waals surface area contributed by atoms with Crippen LogP contribution in [0.1, 0.15) is 70.1 Å². The highest BCUT2D eigenvalue weighted by atomic mass is 32.2. The molecule has 14 N–H and O–H groups in total. The Kier molecular flexibility index (Phi) is 21.9. The number of aromatic amines is 2. The fourth-order valence-corrected chi connectivity index (χ4v) is 9.91. The van der Waals surface area contributed by atoms with Crippen LogP contribution in [0.2, 0.25) is 0 Å². The van der Waals surface area contributed by atoms with Crippen LogP contribution in [-0.2, 0) is 62.4 Å². The van der Waals surface area contributed by atoms with Gasteiger partial charge in [-0.05, 0) is 84.6 Å². The average Bonchev–Trinajstić information content (AvgIpc) is 4.27. The number of quaternary nitrogens is 1. The molecule has 22 nitrogen and oxygen atoms in total. The maximum absolute atomic E-state index is 14.8. The van der Waals surface area contributed by atoms with Crippen LogP contribution < -0.4 is 43.0 Å². The molecule has 1 fully saturated rings. The molecule has 0 spiro atoms. The third-order valence-corrected chi connectivity index (χ3v) is 15.0. The summed E-state index contributed by atoms with van der Waals surface area (Å²) in [6.45, 7) is 6.29. The molecule has 23 heteroatoms. The zero-order valence-electron chi connectivity index (χ0n) is 45.2. The number of carbonyl (C=O) groups excluding carboxylic acids is 8. The first-order valence-electron chi connectivity index (χ1n) is 26.6. The van der Waals surface area contributed by atoms with Gasteiger partial charge in [0.1, 0.15) is 42.0 Å². The Labute approximate surface area is 462 Å². The molecular formula is C56H74N11O11S+. The van der Waals surface area contributed by atoms with E-state index in [0.717, 1.165) is 21.8 Å². The molecular weight excluding hydrogens is 1030 g/mol. The first kappa shape index (κ1) is 60.3. The zero-order chi connectivity index (χ0) is 57.3. The van der Waals surface area contributed by atoms with E-state index >= 15 is 0 Å². The Morgan fingerprint density at radius 3 is 1.82 bits per heavy atom. The number of carboxylic acid groups (broad SMARTS) is 1. The van der Waals surface area contributed by atoms with Crippen LogP contribution in [0.15, 0.2) is 85.2 Å². The van der Waals surface area contributed by atoms with Gasteiger partial charge in [0.15, 0.2) is 6.04 Å². The van der Waals surface area contributed by atoms with Crippen molar-refractivity contribution >= 4 is 86.8 Å². The molecule has 424 valence electrons. The van der Waals surface area contributed by atoms with Gasteiger partial charge in [0, 0.05) is 65.9 Å². The molecule has 8 atom stereocenters. The van der Waals surface area contributed by atoms with Gasteiger partial charge < -0.3 is 68.0 Å². The lowest BCUT2D eigenvalue weighted by Gasteiger charge is -2.30.